The highest BCUT2D eigenvalue weighted by Gasteiger charge is 2.31. The summed E-state index contributed by atoms with van der Waals surface area (Å²) in [6, 6.07) is 7.69. The Morgan fingerprint density at radius 1 is 1.31 bits per heavy atom. The molecule has 32 heavy (non-hydrogen) atoms. The Kier molecular flexibility index (Phi) is 8.52. The summed E-state index contributed by atoms with van der Waals surface area (Å²) in [5, 5.41) is 8.49. The molecule has 0 N–H and O–H groups in total. The molecule has 0 bridgehead atoms. The second-order valence-corrected chi connectivity index (χ2v) is 9.21. The van der Waals surface area contributed by atoms with Crippen LogP contribution in [0.3, 0.4) is 0 Å². The van der Waals surface area contributed by atoms with E-state index in [1.165, 1.54) is 11.8 Å². The molecule has 1 aromatic carbocycles. The maximum atomic E-state index is 12.9. The Morgan fingerprint density at radius 2 is 2.12 bits per heavy atom. The first-order chi connectivity index (χ1) is 15.4. The van der Waals surface area contributed by atoms with Gasteiger partial charge in [0.25, 0.3) is 0 Å². The highest BCUT2D eigenvalue weighted by atomic mass is 32.2. The number of thioether (sulfide) groups is 1. The Hall–Kier alpha value is -2.59. The predicted molar refractivity (Wildman–Crippen MR) is 121 cm³/mol. The predicted octanol–water partition coefficient (Wildman–Crippen LogP) is 1.83. The van der Waals surface area contributed by atoms with Gasteiger partial charge in [-0.2, -0.15) is 0 Å². The lowest BCUT2D eigenvalue weighted by Crippen LogP contribution is -2.41. The molecule has 0 saturated carbocycles. The molecule has 1 saturated heterocycles. The third kappa shape index (κ3) is 6.70. The van der Waals surface area contributed by atoms with Crippen LogP contribution in [0.1, 0.15) is 19.4 Å². The van der Waals surface area contributed by atoms with E-state index < -0.39 is 0 Å². The normalized spacial score (nSPS) is 17.0. The fourth-order valence-corrected chi connectivity index (χ4v) is 4.28. The summed E-state index contributed by atoms with van der Waals surface area (Å²) in [5.41, 5.74) is 0.978. The van der Waals surface area contributed by atoms with Gasteiger partial charge in [0.15, 0.2) is 5.16 Å². The molecule has 1 fully saturated rings. The van der Waals surface area contributed by atoms with Gasteiger partial charge in [-0.3, -0.25) is 9.59 Å². The van der Waals surface area contributed by atoms with Gasteiger partial charge in [-0.25, -0.2) is 0 Å². The highest BCUT2D eigenvalue weighted by molar-refractivity contribution is 7.99. The number of amides is 2. The number of rotatable bonds is 9. The van der Waals surface area contributed by atoms with Gasteiger partial charge in [-0.1, -0.05) is 37.7 Å². The lowest BCUT2D eigenvalue weighted by Gasteiger charge is -2.26. The first-order valence-corrected chi connectivity index (χ1v) is 11.6. The maximum absolute atomic E-state index is 12.9. The lowest BCUT2D eigenvalue weighted by molar-refractivity contribution is -0.137. The number of carbonyl (C=O) groups is 2. The van der Waals surface area contributed by atoms with E-state index >= 15 is 0 Å². The van der Waals surface area contributed by atoms with Gasteiger partial charge in [0, 0.05) is 26.7 Å². The third-order valence-corrected chi connectivity index (χ3v) is 6.10. The summed E-state index contributed by atoms with van der Waals surface area (Å²) in [4.78, 5) is 29.2. The molecular weight excluding hydrogens is 430 g/mol. The molecule has 174 valence electrons. The van der Waals surface area contributed by atoms with Crippen molar-refractivity contribution in [3.05, 3.63) is 36.2 Å². The molecule has 3 rings (SSSR count). The molecule has 0 radical (unpaired) electrons. The number of hydrogen-bond donors (Lipinski definition) is 0. The molecule has 2 aromatic rings. The molecule has 1 aromatic heterocycles. The minimum absolute atomic E-state index is 0.0526. The van der Waals surface area contributed by atoms with Crippen LogP contribution in [0.15, 0.2) is 35.7 Å². The average Bonchev–Trinajstić information content (AvgIpc) is 3.11. The molecular formula is C22H31N5O4S. The summed E-state index contributed by atoms with van der Waals surface area (Å²) in [6.45, 7) is 6.04. The van der Waals surface area contributed by atoms with Crippen molar-refractivity contribution in [3.8, 4) is 5.75 Å². The van der Waals surface area contributed by atoms with Crippen LogP contribution >= 0.6 is 11.8 Å². The molecule has 2 amide bonds. The van der Waals surface area contributed by atoms with Crippen LogP contribution in [0.2, 0.25) is 0 Å². The van der Waals surface area contributed by atoms with Crippen LogP contribution in [0.5, 0.6) is 5.75 Å². The van der Waals surface area contributed by atoms with E-state index in [0.29, 0.717) is 37.3 Å². The van der Waals surface area contributed by atoms with Crippen molar-refractivity contribution in [2.24, 2.45) is 13.0 Å². The van der Waals surface area contributed by atoms with Gasteiger partial charge in [0.05, 0.1) is 32.1 Å². The topological polar surface area (TPSA) is 89.8 Å². The quantitative estimate of drug-likeness (QED) is 0.526. The fraction of sp³-hybridized carbons (Fsp3) is 0.545. The first-order valence-electron chi connectivity index (χ1n) is 10.6. The monoisotopic (exact) mass is 461 g/mol. The molecule has 1 aliphatic heterocycles. The van der Waals surface area contributed by atoms with Crippen molar-refractivity contribution in [3.63, 3.8) is 0 Å². The number of benzene rings is 1. The van der Waals surface area contributed by atoms with E-state index in [9.17, 15) is 9.59 Å². The van der Waals surface area contributed by atoms with Crippen molar-refractivity contribution >= 4 is 23.6 Å². The van der Waals surface area contributed by atoms with Crippen LogP contribution in [-0.4, -0.2) is 81.5 Å². The van der Waals surface area contributed by atoms with Crippen LogP contribution < -0.4 is 4.74 Å². The zero-order valence-electron chi connectivity index (χ0n) is 19.1. The number of hydrogen-bond acceptors (Lipinski definition) is 7. The minimum Gasteiger partial charge on any atom is -0.497 e. The highest BCUT2D eigenvalue weighted by Crippen LogP contribution is 2.18. The fourth-order valence-electron chi connectivity index (χ4n) is 3.49. The van der Waals surface area contributed by atoms with Gasteiger partial charge in [-0.05, 0) is 23.6 Å². The molecule has 10 heteroatoms. The van der Waals surface area contributed by atoms with E-state index in [0.717, 1.165) is 11.3 Å². The van der Waals surface area contributed by atoms with Gasteiger partial charge in [0.2, 0.25) is 11.8 Å². The van der Waals surface area contributed by atoms with Crippen molar-refractivity contribution in [1.29, 1.82) is 0 Å². The number of ether oxygens (including phenoxy) is 2. The Balaban J connectivity index is 1.67. The molecule has 0 spiro atoms. The largest absolute Gasteiger partial charge is 0.497 e. The Morgan fingerprint density at radius 3 is 2.81 bits per heavy atom. The zero-order chi connectivity index (χ0) is 23.1. The summed E-state index contributed by atoms with van der Waals surface area (Å²) < 4.78 is 13.2. The maximum Gasteiger partial charge on any atom is 0.242 e. The van der Waals surface area contributed by atoms with Crippen LogP contribution in [0.4, 0.5) is 0 Å². The smallest absolute Gasteiger partial charge is 0.242 e. The molecule has 2 heterocycles. The number of aromatic nitrogens is 3. The molecule has 0 aliphatic carbocycles. The Labute approximate surface area is 193 Å². The third-order valence-electron chi connectivity index (χ3n) is 5.08. The summed E-state index contributed by atoms with van der Waals surface area (Å²) in [6.07, 6.45) is 1.31. The second-order valence-electron chi connectivity index (χ2n) is 8.26. The van der Waals surface area contributed by atoms with Crippen molar-refractivity contribution in [2.75, 3.05) is 39.0 Å². The van der Waals surface area contributed by atoms with E-state index in [-0.39, 0.29) is 30.2 Å². The number of carbonyl (C=O) groups excluding carboxylic acids is 2. The van der Waals surface area contributed by atoms with E-state index in [2.05, 4.69) is 24.0 Å². The SMILES string of the molecule is COc1cccc(CO[C@@H]2CN(C(=O)CSc3nncn3C)CC(=O)N(CC(C)C)C2)c1. The zero-order valence-corrected chi connectivity index (χ0v) is 19.9. The first kappa shape index (κ1) is 24.1. The Bertz CT molecular complexity index is 919. The number of nitrogens with zero attached hydrogens (tertiary/aromatic N) is 5. The van der Waals surface area contributed by atoms with E-state index in [4.69, 9.17) is 9.47 Å². The average molecular weight is 462 g/mol. The van der Waals surface area contributed by atoms with E-state index in [1.807, 2.05) is 36.2 Å². The summed E-state index contributed by atoms with van der Waals surface area (Å²) >= 11 is 1.31. The molecule has 9 nitrogen and oxygen atoms in total. The molecule has 1 aliphatic rings. The van der Waals surface area contributed by atoms with Crippen molar-refractivity contribution in [1.82, 2.24) is 24.6 Å². The van der Waals surface area contributed by atoms with E-state index in [1.54, 1.807) is 22.9 Å². The minimum atomic E-state index is -0.282. The second kappa shape index (κ2) is 11.3. The number of methoxy groups -OCH3 is 1. The molecule has 1 atom stereocenters. The van der Waals surface area contributed by atoms with Crippen LogP contribution in [0.25, 0.3) is 0 Å². The van der Waals surface area contributed by atoms with Gasteiger partial charge < -0.3 is 23.8 Å². The van der Waals surface area contributed by atoms with Crippen LogP contribution in [0, 0.1) is 5.92 Å². The van der Waals surface area contributed by atoms with Gasteiger partial charge in [0.1, 0.15) is 12.1 Å². The number of aryl methyl sites for hydroxylation is 1. The van der Waals surface area contributed by atoms with Crippen molar-refractivity contribution < 1.29 is 19.1 Å². The molecule has 0 unspecified atom stereocenters. The lowest BCUT2D eigenvalue weighted by atomic mass is 10.2. The van der Waals surface area contributed by atoms with Crippen molar-refractivity contribution in [2.45, 2.75) is 31.7 Å². The van der Waals surface area contributed by atoms with Gasteiger partial charge >= 0.3 is 0 Å². The summed E-state index contributed by atoms with van der Waals surface area (Å²) in [5.74, 6) is 1.11. The van der Waals surface area contributed by atoms with Crippen LogP contribution in [-0.2, 0) is 28.0 Å². The standard InChI is InChI=1S/C22H31N5O4S/c1-16(2)9-26-10-19(31-13-17-6-5-7-18(8-17)30-4)11-27(12-20(26)28)21(29)14-32-22-24-23-15-25(22)3/h5-8,15-16,19H,9-14H2,1-4H3/t19-/m0/s1. The van der Waals surface area contributed by atoms with Gasteiger partial charge in [-0.15, -0.1) is 10.2 Å². The summed E-state index contributed by atoms with van der Waals surface area (Å²) in [7, 11) is 3.46.